The second-order valence-corrected chi connectivity index (χ2v) is 3.42. The van der Waals surface area contributed by atoms with Gasteiger partial charge in [0.15, 0.2) is 0 Å². The minimum absolute atomic E-state index is 0.217. The average Bonchev–Trinajstić information content (AvgIpc) is 2.15. The smallest absolute Gasteiger partial charge is 0.109 e. The maximum absolute atomic E-state index is 9.40. The van der Waals surface area contributed by atoms with Crippen LogP contribution in [0.4, 0.5) is 0 Å². The first-order valence-corrected chi connectivity index (χ1v) is 4.29. The van der Waals surface area contributed by atoms with Gasteiger partial charge in [-0.15, -0.1) is 0 Å². The highest BCUT2D eigenvalue weighted by molar-refractivity contribution is 4.92. The highest BCUT2D eigenvalue weighted by atomic mass is 16.5. The van der Waals surface area contributed by atoms with E-state index in [9.17, 15) is 15.3 Å². The molecule has 1 saturated carbocycles. The van der Waals surface area contributed by atoms with Crippen LogP contribution < -0.4 is 0 Å². The molecule has 1 rings (SSSR count). The molecule has 0 aliphatic heterocycles. The Hall–Kier alpha value is -0.200. The van der Waals surface area contributed by atoms with Gasteiger partial charge in [-0.05, 0) is 6.42 Å². The maximum Gasteiger partial charge on any atom is 0.109 e. The Morgan fingerprint density at radius 1 is 1.15 bits per heavy atom. The summed E-state index contributed by atoms with van der Waals surface area (Å²) >= 11 is 0. The molecule has 0 aromatic rings. The monoisotopic (exact) mass is 192 g/mol. The van der Waals surface area contributed by atoms with Crippen molar-refractivity contribution in [2.75, 3.05) is 13.7 Å². The molecule has 0 bridgehead atoms. The van der Waals surface area contributed by atoms with Crippen molar-refractivity contribution in [1.29, 1.82) is 0 Å². The minimum atomic E-state index is -1.24. The van der Waals surface area contributed by atoms with Gasteiger partial charge in [0.25, 0.3) is 0 Å². The predicted octanol–water partition coefficient (Wildman–Crippen LogP) is -1.90. The van der Waals surface area contributed by atoms with Gasteiger partial charge in [0.2, 0.25) is 0 Å². The van der Waals surface area contributed by atoms with Crippen LogP contribution in [0.15, 0.2) is 0 Å². The lowest BCUT2D eigenvalue weighted by Gasteiger charge is -2.38. The number of ether oxygens (including phenoxy) is 1. The van der Waals surface area contributed by atoms with Crippen molar-refractivity contribution in [3.8, 4) is 0 Å². The van der Waals surface area contributed by atoms with Crippen molar-refractivity contribution in [3.63, 3.8) is 0 Å². The third kappa shape index (κ3) is 2.00. The van der Waals surface area contributed by atoms with E-state index in [1.54, 1.807) is 0 Å². The average molecular weight is 192 g/mol. The van der Waals surface area contributed by atoms with E-state index in [2.05, 4.69) is 0 Å². The van der Waals surface area contributed by atoms with Gasteiger partial charge in [-0.3, -0.25) is 0 Å². The summed E-state index contributed by atoms with van der Waals surface area (Å²) in [5.41, 5.74) is 0. The lowest BCUT2D eigenvalue weighted by molar-refractivity contribution is -0.170. The normalized spacial score (nSPS) is 46.4. The summed E-state index contributed by atoms with van der Waals surface area (Å²) in [5.74, 6) is -0.427. The standard InChI is InChI=1S/C8H16O5/c1-13-5-2-4(3-9)6(10)8(12)7(5)11/h4-12H,2-3H2,1H3/t4-,5+,6+,7+,8+/m1/s1. The van der Waals surface area contributed by atoms with Crippen LogP contribution in [0.5, 0.6) is 0 Å². The summed E-state index contributed by atoms with van der Waals surface area (Å²) < 4.78 is 4.92. The molecule has 78 valence electrons. The number of aliphatic hydroxyl groups excluding tert-OH is 4. The van der Waals surface area contributed by atoms with Gasteiger partial charge in [0, 0.05) is 19.6 Å². The SMILES string of the molecule is CO[C@H]1C[C@H](CO)[C@H](O)[C@H](O)[C@H]1O. The summed E-state index contributed by atoms with van der Waals surface area (Å²) in [6.07, 6.45) is -3.56. The fourth-order valence-electron chi connectivity index (χ4n) is 1.70. The Morgan fingerprint density at radius 3 is 2.23 bits per heavy atom. The fourth-order valence-corrected chi connectivity index (χ4v) is 1.70. The number of hydrogen-bond acceptors (Lipinski definition) is 5. The molecule has 0 unspecified atom stereocenters. The second-order valence-electron chi connectivity index (χ2n) is 3.42. The summed E-state index contributed by atoms with van der Waals surface area (Å²) in [6.45, 7) is -0.217. The number of hydrogen-bond donors (Lipinski definition) is 4. The van der Waals surface area contributed by atoms with E-state index in [0.717, 1.165) is 0 Å². The zero-order valence-electron chi connectivity index (χ0n) is 7.50. The quantitative estimate of drug-likeness (QED) is 0.410. The Balaban J connectivity index is 2.66. The third-order valence-corrected chi connectivity index (χ3v) is 2.64. The molecule has 13 heavy (non-hydrogen) atoms. The third-order valence-electron chi connectivity index (χ3n) is 2.64. The van der Waals surface area contributed by atoms with Crippen molar-refractivity contribution in [1.82, 2.24) is 0 Å². The molecule has 0 aromatic heterocycles. The largest absolute Gasteiger partial charge is 0.396 e. The van der Waals surface area contributed by atoms with Crippen LogP contribution in [0.25, 0.3) is 0 Å². The van der Waals surface area contributed by atoms with E-state index in [4.69, 9.17) is 9.84 Å². The van der Waals surface area contributed by atoms with Gasteiger partial charge in [0.05, 0.1) is 12.2 Å². The summed E-state index contributed by atoms with van der Waals surface area (Å²) in [6, 6.07) is 0. The number of methoxy groups -OCH3 is 1. The molecule has 0 heterocycles. The van der Waals surface area contributed by atoms with Gasteiger partial charge in [-0.25, -0.2) is 0 Å². The highest BCUT2D eigenvalue weighted by Gasteiger charge is 2.42. The van der Waals surface area contributed by atoms with E-state index in [1.165, 1.54) is 7.11 Å². The highest BCUT2D eigenvalue weighted by Crippen LogP contribution is 2.26. The van der Waals surface area contributed by atoms with Crippen molar-refractivity contribution in [3.05, 3.63) is 0 Å². The van der Waals surface area contributed by atoms with Crippen LogP contribution in [-0.2, 0) is 4.74 Å². The Labute approximate surface area is 76.6 Å². The van der Waals surface area contributed by atoms with Crippen molar-refractivity contribution >= 4 is 0 Å². The van der Waals surface area contributed by atoms with Crippen LogP contribution in [0, 0.1) is 5.92 Å². The molecule has 1 fully saturated rings. The van der Waals surface area contributed by atoms with Crippen LogP contribution >= 0.6 is 0 Å². The molecule has 0 saturated heterocycles. The molecule has 5 atom stereocenters. The van der Waals surface area contributed by atoms with Crippen LogP contribution in [0.2, 0.25) is 0 Å². The van der Waals surface area contributed by atoms with E-state index >= 15 is 0 Å². The summed E-state index contributed by atoms with van der Waals surface area (Å²) in [4.78, 5) is 0. The van der Waals surface area contributed by atoms with Gasteiger partial charge in [0.1, 0.15) is 12.2 Å². The van der Waals surface area contributed by atoms with Gasteiger partial charge < -0.3 is 25.2 Å². The second kappa shape index (κ2) is 4.34. The number of aliphatic hydroxyl groups is 4. The zero-order chi connectivity index (χ0) is 10.0. The molecule has 5 nitrogen and oxygen atoms in total. The van der Waals surface area contributed by atoms with Crippen LogP contribution in [0.3, 0.4) is 0 Å². The molecule has 0 radical (unpaired) electrons. The number of rotatable bonds is 2. The van der Waals surface area contributed by atoms with Gasteiger partial charge in [-0.2, -0.15) is 0 Å². The molecule has 1 aliphatic rings. The molecule has 5 heteroatoms. The molecule has 1 aliphatic carbocycles. The summed E-state index contributed by atoms with van der Waals surface area (Å²) in [7, 11) is 1.42. The van der Waals surface area contributed by atoms with Crippen molar-refractivity contribution in [2.24, 2.45) is 5.92 Å². The van der Waals surface area contributed by atoms with E-state index < -0.39 is 30.3 Å². The van der Waals surface area contributed by atoms with Crippen molar-refractivity contribution < 1.29 is 25.2 Å². The van der Waals surface area contributed by atoms with Gasteiger partial charge in [-0.1, -0.05) is 0 Å². The molecule has 0 aromatic carbocycles. The minimum Gasteiger partial charge on any atom is -0.396 e. The molecular formula is C8H16O5. The fraction of sp³-hybridized carbons (Fsp3) is 1.00. The van der Waals surface area contributed by atoms with Crippen LogP contribution in [0.1, 0.15) is 6.42 Å². The lowest BCUT2D eigenvalue weighted by atomic mass is 9.81. The van der Waals surface area contributed by atoms with Crippen molar-refractivity contribution in [2.45, 2.75) is 30.8 Å². The van der Waals surface area contributed by atoms with E-state index in [-0.39, 0.29) is 6.61 Å². The lowest BCUT2D eigenvalue weighted by Crippen LogP contribution is -2.54. The Morgan fingerprint density at radius 2 is 1.77 bits per heavy atom. The first-order chi connectivity index (χ1) is 6.11. The predicted molar refractivity (Wildman–Crippen MR) is 44.0 cm³/mol. The molecule has 4 N–H and O–H groups in total. The maximum atomic E-state index is 9.40. The molecular weight excluding hydrogens is 176 g/mol. The first-order valence-electron chi connectivity index (χ1n) is 4.29. The van der Waals surface area contributed by atoms with E-state index in [1.807, 2.05) is 0 Å². The Bertz CT molecular complexity index is 143. The van der Waals surface area contributed by atoms with Gasteiger partial charge >= 0.3 is 0 Å². The molecule has 0 amide bonds. The Kier molecular flexibility index (Phi) is 3.63. The topological polar surface area (TPSA) is 90.2 Å². The first kappa shape index (κ1) is 10.9. The molecule has 0 spiro atoms. The zero-order valence-corrected chi connectivity index (χ0v) is 7.50. The van der Waals surface area contributed by atoms with E-state index in [0.29, 0.717) is 6.42 Å². The summed E-state index contributed by atoms with van der Waals surface area (Å²) in [5, 5.41) is 37.0. The van der Waals surface area contributed by atoms with Crippen LogP contribution in [-0.4, -0.2) is 58.6 Å².